The van der Waals surface area contributed by atoms with Gasteiger partial charge in [0.2, 0.25) is 0 Å². The first-order valence-electron chi connectivity index (χ1n) is 11.5. The first kappa shape index (κ1) is 23.6. The van der Waals surface area contributed by atoms with Crippen molar-refractivity contribution in [1.82, 2.24) is 24.6 Å². The van der Waals surface area contributed by atoms with E-state index in [1.807, 2.05) is 4.90 Å². The molecule has 1 aromatic carbocycles. The molecule has 2 aliphatic heterocycles. The third-order valence-corrected chi connectivity index (χ3v) is 7.11. The SMILES string of the molecule is NC(=O)c1nn(-c2c(Cl)cccc2Cl)cc1Nc1ccc(C(=O)N2CC[C@@H](N3CCCC3)C2)cn1. The van der Waals surface area contributed by atoms with Crippen LogP contribution in [0, 0.1) is 0 Å². The number of halogens is 2. The Balaban J connectivity index is 1.31. The smallest absolute Gasteiger partial charge is 0.271 e. The topological polar surface area (TPSA) is 109 Å². The molecule has 0 bridgehead atoms. The maximum absolute atomic E-state index is 13.0. The lowest BCUT2D eigenvalue weighted by molar-refractivity contribution is 0.0779. The summed E-state index contributed by atoms with van der Waals surface area (Å²) in [6, 6.07) is 8.92. The number of hydrogen-bond acceptors (Lipinski definition) is 6. The Labute approximate surface area is 212 Å². The first-order chi connectivity index (χ1) is 16.9. The molecule has 11 heteroatoms. The van der Waals surface area contributed by atoms with Gasteiger partial charge in [-0.15, -0.1) is 0 Å². The summed E-state index contributed by atoms with van der Waals surface area (Å²) >= 11 is 12.6. The molecular formula is C24H25Cl2N7O2. The Morgan fingerprint density at radius 1 is 1.06 bits per heavy atom. The molecule has 9 nitrogen and oxygen atoms in total. The summed E-state index contributed by atoms with van der Waals surface area (Å²) < 4.78 is 1.40. The maximum Gasteiger partial charge on any atom is 0.271 e. The Morgan fingerprint density at radius 2 is 1.80 bits per heavy atom. The second kappa shape index (κ2) is 9.85. The number of rotatable bonds is 6. The molecule has 0 radical (unpaired) electrons. The van der Waals surface area contributed by atoms with Gasteiger partial charge in [-0.1, -0.05) is 29.3 Å². The van der Waals surface area contributed by atoms with E-state index in [2.05, 4.69) is 20.3 Å². The number of pyridine rings is 1. The van der Waals surface area contributed by atoms with Gasteiger partial charge in [0.15, 0.2) is 5.69 Å². The van der Waals surface area contributed by atoms with Crippen LogP contribution in [-0.2, 0) is 0 Å². The van der Waals surface area contributed by atoms with E-state index in [0.29, 0.717) is 38.8 Å². The summed E-state index contributed by atoms with van der Waals surface area (Å²) in [5.41, 5.74) is 6.83. The van der Waals surface area contributed by atoms with Crippen molar-refractivity contribution in [2.24, 2.45) is 5.73 Å². The van der Waals surface area contributed by atoms with Crippen LogP contribution in [-0.4, -0.2) is 68.6 Å². The van der Waals surface area contributed by atoms with E-state index in [1.165, 1.54) is 23.7 Å². The number of anilines is 2. The zero-order valence-electron chi connectivity index (χ0n) is 19.0. The molecule has 2 aromatic heterocycles. The standard InChI is InChI=1S/C24H25Cl2N7O2/c25-17-4-3-5-18(26)22(17)33-14-19(21(30-33)23(27)34)29-20-7-6-15(12-28-20)24(35)32-11-8-16(13-32)31-9-1-2-10-31/h3-7,12,14,16H,1-2,8-11,13H2,(H2,27,34)(H,28,29)/t16-/m1/s1. The molecule has 1 atom stereocenters. The highest BCUT2D eigenvalue weighted by Crippen LogP contribution is 2.30. The van der Waals surface area contributed by atoms with E-state index in [1.54, 1.807) is 36.5 Å². The summed E-state index contributed by atoms with van der Waals surface area (Å²) in [5.74, 6) is -0.308. The van der Waals surface area contributed by atoms with E-state index < -0.39 is 5.91 Å². The number of amides is 2. The van der Waals surface area contributed by atoms with Crippen molar-refractivity contribution in [2.75, 3.05) is 31.5 Å². The molecule has 0 unspecified atom stereocenters. The number of benzene rings is 1. The molecule has 4 heterocycles. The summed E-state index contributed by atoms with van der Waals surface area (Å²) in [4.78, 5) is 33.8. The molecule has 0 spiro atoms. The Hall–Kier alpha value is -3.14. The quantitative estimate of drug-likeness (QED) is 0.519. The van der Waals surface area contributed by atoms with Crippen LogP contribution >= 0.6 is 23.2 Å². The first-order valence-corrected chi connectivity index (χ1v) is 12.3. The van der Waals surface area contributed by atoms with Crippen LogP contribution in [0.4, 0.5) is 11.5 Å². The van der Waals surface area contributed by atoms with Crippen LogP contribution in [0.2, 0.25) is 10.0 Å². The van der Waals surface area contributed by atoms with Gasteiger partial charge in [0.05, 0.1) is 27.5 Å². The van der Waals surface area contributed by atoms with Crippen molar-refractivity contribution in [3.63, 3.8) is 0 Å². The number of nitrogens with two attached hydrogens (primary N) is 1. The van der Waals surface area contributed by atoms with Crippen molar-refractivity contribution >= 4 is 46.5 Å². The number of hydrogen-bond donors (Lipinski definition) is 2. The Morgan fingerprint density at radius 3 is 2.46 bits per heavy atom. The van der Waals surface area contributed by atoms with Crippen molar-refractivity contribution < 1.29 is 9.59 Å². The minimum absolute atomic E-state index is 0.00737. The van der Waals surface area contributed by atoms with Crippen LogP contribution in [0.15, 0.2) is 42.7 Å². The predicted octanol–water partition coefficient (Wildman–Crippen LogP) is 3.73. The van der Waals surface area contributed by atoms with Gasteiger partial charge in [-0.3, -0.25) is 14.5 Å². The number of primary amides is 1. The zero-order valence-corrected chi connectivity index (χ0v) is 20.5. The average Bonchev–Trinajstić information content (AvgIpc) is 3.60. The van der Waals surface area contributed by atoms with Crippen molar-refractivity contribution in [3.8, 4) is 5.69 Å². The van der Waals surface area contributed by atoms with Gasteiger partial charge in [-0.25, -0.2) is 9.67 Å². The predicted molar refractivity (Wildman–Crippen MR) is 135 cm³/mol. The van der Waals surface area contributed by atoms with Crippen LogP contribution < -0.4 is 11.1 Å². The molecule has 2 aliphatic rings. The monoisotopic (exact) mass is 513 g/mol. The normalized spacial score (nSPS) is 18.2. The zero-order chi connectivity index (χ0) is 24.5. The molecule has 0 saturated carbocycles. The molecule has 0 aliphatic carbocycles. The highest BCUT2D eigenvalue weighted by Gasteiger charge is 2.32. The minimum Gasteiger partial charge on any atom is -0.364 e. The van der Waals surface area contributed by atoms with Crippen LogP contribution in [0.25, 0.3) is 5.69 Å². The molecule has 2 amide bonds. The molecule has 3 N–H and O–H groups in total. The number of aromatic nitrogens is 3. The number of likely N-dealkylation sites (tertiary alicyclic amines) is 2. The van der Waals surface area contributed by atoms with E-state index in [-0.39, 0.29) is 11.6 Å². The second-order valence-electron chi connectivity index (χ2n) is 8.76. The lowest BCUT2D eigenvalue weighted by atomic mass is 10.2. The molecule has 2 fully saturated rings. The summed E-state index contributed by atoms with van der Waals surface area (Å²) in [6.07, 6.45) is 6.59. The van der Waals surface area contributed by atoms with Gasteiger partial charge in [0, 0.05) is 25.3 Å². The van der Waals surface area contributed by atoms with E-state index >= 15 is 0 Å². The van der Waals surface area contributed by atoms with Crippen LogP contribution in [0.3, 0.4) is 0 Å². The summed E-state index contributed by atoms with van der Waals surface area (Å²) in [5, 5.41) is 8.05. The molecule has 3 aromatic rings. The van der Waals surface area contributed by atoms with Gasteiger partial charge in [-0.05, 0) is 56.6 Å². The number of nitrogens with zero attached hydrogens (tertiary/aromatic N) is 5. The molecule has 182 valence electrons. The van der Waals surface area contributed by atoms with Gasteiger partial charge < -0.3 is 16.0 Å². The Bertz CT molecular complexity index is 1240. The fourth-order valence-electron chi connectivity index (χ4n) is 4.72. The highest BCUT2D eigenvalue weighted by molar-refractivity contribution is 6.37. The largest absolute Gasteiger partial charge is 0.364 e. The number of carbonyl (C=O) groups is 2. The number of nitrogens with one attached hydrogen (secondary N) is 1. The summed E-state index contributed by atoms with van der Waals surface area (Å²) in [6.45, 7) is 3.76. The van der Waals surface area contributed by atoms with Gasteiger partial charge >= 0.3 is 0 Å². The second-order valence-corrected chi connectivity index (χ2v) is 9.58. The van der Waals surface area contributed by atoms with Crippen LogP contribution in [0.1, 0.15) is 40.1 Å². The highest BCUT2D eigenvalue weighted by atomic mass is 35.5. The number of carbonyl (C=O) groups excluding carboxylic acids is 2. The fraction of sp³-hybridized carbons (Fsp3) is 0.333. The van der Waals surface area contributed by atoms with E-state index in [0.717, 1.165) is 32.6 Å². The van der Waals surface area contributed by atoms with Crippen LogP contribution in [0.5, 0.6) is 0 Å². The third kappa shape index (κ3) is 4.84. The lowest BCUT2D eigenvalue weighted by Gasteiger charge is -2.23. The van der Waals surface area contributed by atoms with Crippen molar-refractivity contribution in [2.45, 2.75) is 25.3 Å². The molecule has 35 heavy (non-hydrogen) atoms. The van der Waals surface area contributed by atoms with E-state index in [9.17, 15) is 9.59 Å². The fourth-order valence-corrected chi connectivity index (χ4v) is 5.29. The summed E-state index contributed by atoms with van der Waals surface area (Å²) in [7, 11) is 0. The molecule has 5 rings (SSSR count). The van der Waals surface area contributed by atoms with Gasteiger partial charge in [0.1, 0.15) is 11.5 Å². The number of para-hydroxylation sites is 1. The molecule has 2 saturated heterocycles. The van der Waals surface area contributed by atoms with Crippen molar-refractivity contribution in [1.29, 1.82) is 0 Å². The van der Waals surface area contributed by atoms with Crippen molar-refractivity contribution in [3.05, 3.63) is 64.0 Å². The molecular weight excluding hydrogens is 489 g/mol. The van der Waals surface area contributed by atoms with Gasteiger partial charge in [0.25, 0.3) is 11.8 Å². The maximum atomic E-state index is 13.0. The average molecular weight is 514 g/mol. The lowest BCUT2D eigenvalue weighted by Crippen LogP contribution is -2.37. The minimum atomic E-state index is -0.720. The van der Waals surface area contributed by atoms with Gasteiger partial charge in [-0.2, -0.15) is 5.10 Å². The third-order valence-electron chi connectivity index (χ3n) is 6.50. The Kier molecular flexibility index (Phi) is 6.64. The van der Waals surface area contributed by atoms with E-state index in [4.69, 9.17) is 28.9 Å².